The average molecular weight is 570 g/mol. The lowest BCUT2D eigenvalue weighted by Gasteiger charge is -2.26. The Balaban J connectivity index is 1.40. The van der Waals surface area contributed by atoms with Gasteiger partial charge in [-0.3, -0.25) is 9.36 Å². The van der Waals surface area contributed by atoms with E-state index in [1.54, 1.807) is 35.0 Å². The molecule has 38 heavy (non-hydrogen) atoms. The number of hydrogen-bond acceptors (Lipinski definition) is 10. The molecule has 0 radical (unpaired) electrons. The van der Waals surface area contributed by atoms with E-state index in [0.717, 1.165) is 16.2 Å². The van der Waals surface area contributed by atoms with Gasteiger partial charge in [0.2, 0.25) is 5.78 Å². The van der Waals surface area contributed by atoms with E-state index in [-0.39, 0.29) is 29.1 Å². The second-order valence-electron chi connectivity index (χ2n) is 8.88. The molecule has 2 aliphatic rings. The molecule has 0 aliphatic carbocycles. The van der Waals surface area contributed by atoms with Crippen molar-refractivity contribution in [2.75, 3.05) is 6.61 Å². The lowest BCUT2D eigenvalue weighted by Crippen LogP contribution is -2.37. The van der Waals surface area contributed by atoms with Crippen LogP contribution in [0.15, 0.2) is 75.6 Å². The summed E-state index contributed by atoms with van der Waals surface area (Å²) >= 11 is 6.46. The van der Waals surface area contributed by atoms with Crippen LogP contribution >= 0.6 is 18.9 Å². The first kappa shape index (κ1) is 24.0. The molecule has 3 aromatic heterocycles. The standard InChI is InChI=1S/C24H20N5O6PS2/c30-13-6-8-14(9-7-13)38-24-26-17-20(29(24)22-18(31)19-16(34-22)11-33-36(37)35-19)27-23-25-15(10-28(23)21(17)32)12-4-2-1-3-5-12/h1-10,16,18-19,22,30-31,36H,11H2,(H,25,27)/t16?,18?,19-,22-/m1/s1. The van der Waals surface area contributed by atoms with E-state index in [1.807, 2.05) is 30.3 Å². The van der Waals surface area contributed by atoms with Crippen molar-refractivity contribution in [2.45, 2.75) is 34.6 Å². The molecule has 194 valence electrons. The van der Waals surface area contributed by atoms with Crippen LogP contribution in [0.3, 0.4) is 0 Å². The Morgan fingerprint density at radius 1 is 1.13 bits per heavy atom. The molecular formula is C24H20N5O6PS2. The Morgan fingerprint density at radius 3 is 2.71 bits per heavy atom. The predicted octanol–water partition coefficient (Wildman–Crippen LogP) is 3.08. The second-order valence-corrected chi connectivity index (χ2v) is 11.9. The van der Waals surface area contributed by atoms with Crippen molar-refractivity contribution in [1.82, 2.24) is 23.9 Å². The monoisotopic (exact) mass is 569 g/mol. The summed E-state index contributed by atoms with van der Waals surface area (Å²) in [5.74, 6) is 0.452. The number of nitrogens with one attached hydrogen (secondary N) is 1. The largest absolute Gasteiger partial charge is 0.508 e. The first-order valence-corrected chi connectivity index (χ1v) is 15.0. The maximum absolute atomic E-state index is 13.6. The lowest BCUT2D eigenvalue weighted by atomic mass is 10.1. The molecule has 0 amide bonds. The van der Waals surface area contributed by atoms with Crippen molar-refractivity contribution in [1.29, 1.82) is 0 Å². The molecule has 2 aromatic carbocycles. The number of ether oxygens (including phenoxy) is 1. The number of nitrogens with zero attached hydrogens (tertiary/aromatic N) is 4. The number of benzene rings is 2. The van der Waals surface area contributed by atoms with Crippen LogP contribution in [0.1, 0.15) is 6.23 Å². The summed E-state index contributed by atoms with van der Waals surface area (Å²) in [5, 5.41) is 21.3. The molecule has 2 fully saturated rings. The van der Waals surface area contributed by atoms with Gasteiger partial charge in [-0.2, -0.15) is 4.98 Å². The van der Waals surface area contributed by atoms with Gasteiger partial charge in [-0.1, -0.05) is 42.1 Å². The van der Waals surface area contributed by atoms with Crippen LogP contribution in [-0.4, -0.2) is 59.1 Å². The SMILES string of the molecule is O=c1c2nc(Sc3ccc(O)cc3)n([C@@H]3OC4CO[PH](=S)O[C@H]4C3O)c2nc2[nH]c(-c3ccccc3)cn12. The highest BCUT2D eigenvalue weighted by Crippen LogP contribution is 2.44. The highest BCUT2D eigenvalue weighted by Gasteiger charge is 2.49. The van der Waals surface area contributed by atoms with Gasteiger partial charge in [-0.05, 0) is 41.6 Å². The van der Waals surface area contributed by atoms with Gasteiger partial charge in [-0.25, -0.2) is 9.38 Å². The van der Waals surface area contributed by atoms with Gasteiger partial charge in [0.15, 0.2) is 29.7 Å². The van der Waals surface area contributed by atoms with Crippen molar-refractivity contribution in [2.24, 2.45) is 0 Å². The van der Waals surface area contributed by atoms with E-state index in [9.17, 15) is 15.0 Å². The molecule has 5 heterocycles. The predicted molar refractivity (Wildman–Crippen MR) is 143 cm³/mol. The zero-order chi connectivity index (χ0) is 26.0. The number of fused-ring (bicyclic) bond motifs is 3. The maximum Gasteiger partial charge on any atom is 0.287 e. The van der Waals surface area contributed by atoms with E-state index in [0.29, 0.717) is 10.9 Å². The van der Waals surface area contributed by atoms with Crippen LogP contribution in [0, 0.1) is 0 Å². The highest BCUT2D eigenvalue weighted by molar-refractivity contribution is 8.00. The van der Waals surface area contributed by atoms with Crippen LogP contribution < -0.4 is 5.56 Å². The van der Waals surface area contributed by atoms with Gasteiger partial charge in [-0.15, -0.1) is 0 Å². The van der Waals surface area contributed by atoms with E-state index in [4.69, 9.17) is 30.6 Å². The fourth-order valence-electron chi connectivity index (χ4n) is 4.70. The van der Waals surface area contributed by atoms with Gasteiger partial charge in [0.05, 0.1) is 12.3 Å². The van der Waals surface area contributed by atoms with Crippen LogP contribution in [0.25, 0.3) is 28.2 Å². The molecule has 3 N–H and O–H groups in total. The Bertz CT molecular complexity index is 1760. The summed E-state index contributed by atoms with van der Waals surface area (Å²) in [6.07, 6.45) is -1.54. The molecule has 0 saturated carbocycles. The van der Waals surface area contributed by atoms with E-state index in [2.05, 4.69) is 9.97 Å². The Kier molecular flexibility index (Phi) is 5.89. The van der Waals surface area contributed by atoms with E-state index in [1.165, 1.54) is 16.2 Å². The molecule has 5 atom stereocenters. The summed E-state index contributed by atoms with van der Waals surface area (Å²) in [6.45, 7) is 0.209. The lowest BCUT2D eigenvalue weighted by molar-refractivity contribution is -0.0556. The van der Waals surface area contributed by atoms with Crippen molar-refractivity contribution in [3.63, 3.8) is 0 Å². The quantitative estimate of drug-likeness (QED) is 0.277. The third-order valence-corrected chi connectivity index (χ3v) is 9.00. The minimum Gasteiger partial charge on any atom is -0.508 e. The molecule has 7 rings (SSSR count). The minimum atomic E-state index is -1.92. The summed E-state index contributed by atoms with van der Waals surface area (Å²) in [4.78, 5) is 27.0. The highest BCUT2D eigenvalue weighted by atomic mass is 32.4. The second kappa shape index (κ2) is 9.31. The number of aromatic hydroxyl groups is 1. The molecular weight excluding hydrogens is 549 g/mol. The first-order chi connectivity index (χ1) is 18.5. The molecule has 5 aromatic rings. The smallest absolute Gasteiger partial charge is 0.287 e. The number of phenols is 1. The van der Waals surface area contributed by atoms with Crippen LogP contribution in [0.4, 0.5) is 0 Å². The number of phenolic OH excluding ortho intramolecular Hbond substituents is 1. The van der Waals surface area contributed by atoms with Gasteiger partial charge in [0.25, 0.3) is 5.56 Å². The normalized spacial score (nSPS) is 25.2. The molecule has 2 aliphatic heterocycles. The van der Waals surface area contributed by atoms with Crippen LogP contribution in [0.2, 0.25) is 0 Å². The number of aromatic nitrogens is 5. The van der Waals surface area contributed by atoms with Gasteiger partial charge < -0.3 is 29.0 Å². The van der Waals surface area contributed by atoms with Gasteiger partial charge >= 0.3 is 0 Å². The van der Waals surface area contributed by atoms with Crippen LogP contribution in [-0.2, 0) is 25.6 Å². The summed E-state index contributed by atoms with van der Waals surface area (Å²) in [6, 6.07) is 16.2. The number of H-pyrrole nitrogens is 1. The fourth-order valence-corrected chi connectivity index (χ4v) is 7.03. The number of imidazole rings is 2. The number of hydrogen-bond donors (Lipinski definition) is 3. The maximum atomic E-state index is 13.6. The number of aliphatic hydroxyl groups is 1. The molecule has 0 spiro atoms. The molecule has 2 saturated heterocycles. The average Bonchev–Trinajstić information content (AvgIpc) is 3.60. The number of aromatic amines is 1. The summed E-state index contributed by atoms with van der Waals surface area (Å²) in [7, 11) is -1.92. The van der Waals surface area contributed by atoms with E-state index < -0.39 is 31.7 Å². The minimum absolute atomic E-state index is 0.123. The third kappa shape index (κ3) is 3.98. The van der Waals surface area contributed by atoms with Crippen LogP contribution in [0.5, 0.6) is 5.75 Å². The van der Waals surface area contributed by atoms with Crippen molar-refractivity contribution >= 4 is 47.7 Å². The molecule has 11 nitrogen and oxygen atoms in total. The summed E-state index contributed by atoms with van der Waals surface area (Å²) < 4.78 is 20.5. The molecule has 14 heteroatoms. The van der Waals surface area contributed by atoms with Gasteiger partial charge in [0, 0.05) is 11.1 Å². The zero-order valence-corrected chi connectivity index (χ0v) is 22.1. The van der Waals surface area contributed by atoms with E-state index >= 15 is 0 Å². The molecule has 3 unspecified atom stereocenters. The Hall–Kier alpha value is -3.03. The number of rotatable bonds is 4. The van der Waals surface area contributed by atoms with Gasteiger partial charge in [0.1, 0.15) is 24.1 Å². The zero-order valence-electron chi connectivity index (χ0n) is 19.4. The molecule has 0 bridgehead atoms. The topological polar surface area (TPSA) is 136 Å². The van der Waals surface area contributed by atoms with Crippen molar-refractivity contribution in [3.05, 3.63) is 71.1 Å². The third-order valence-electron chi connectivity index (χ3n) is 6.51. The Labute approximate surface area is 224 Å². The summed E-state index contributed by atoms with van der Waals surface area (Å²) in [5.41, 5.74) is 1.64. The van der Waals surface area contributed by atoms with Crippen molar-refractivity contribution < 1.29 is 24.0 Å². The Morgan fingerprint density at radius 2 is 1.92 bits per heavy atom. The fraction of sp³-hybridized carbons (Fsp3) is 0.208. The first-order valence-electron chi connectivity index (χ1n) is 11.7. The number of aliphatic hydroxyl groups excluding tert-OH is 1. The van der Waals surface area contributed by atoms with Crippen molar-refractivity contribution in [3.8, 4) is 17.0 Å².